The molecule has 0 fully saturated rings. The van der Waals surface area contributed by atoms with E-state index >= 15 is 0 Å². The smallest absolute Gasteiger partial charge is 0.316 e. The van der Waals surface area contributed by atoms with Crippen molar-refractivity contribution in [3.63, 3.8) is 0 Å². The molecule has 0 aliphatic carbocycles. The second-order valence-electron chi connectivity index (χ2n) is 4.71. The molecule has 0 aliphatic rings. The van der Waals surface area contributed by atoms with Gasteiger partial charge in [0.25, 0.3) is 5.91 Å². The van der Waals surface area contributed by atoms with E-state index in [0.29, 0.717) is 11.4 Å². The van der Waals surface area contributed by atoms with Gasteiger partial charge in [-0.15, -0.1) is 0 Å². The number of methoxy groups -OCH3 is 1. The fraction of sp³-hybridized carbons (Fsp3) is 0.125. The molecule has 0 saturated heterocycles. The fourth-order valence-electron chi connectivity index (χ4n) is 1.98. The van der Waals surface area contributed by atoms with Crippen molar-refractivity contribution >= 4 is 17.6 Å². The maximum atomic E-state index is 13.3. The second-order valence-corrected chi connectivity index (χ2v) is 4.71. The first-order valence-electron chi connectivity index (χ1n) is 6.76. The first-order chi connectivity index (χ1) is 11.0. The zero-order valence-electron chi connectivity index (χ0n) is 12.4. The van der Waals surface area contributed by atoms with Crippen LogP contribution in [-0.4, -0.2) is 19.0 Å². The summed E-state index contributed by atoms with van der Waals surface area (Å²) in [5, 5.41) is 5.12. The van der Waals surface area contributed by atoms with E-state index in [0.717, 1.165) is 11.6 Å². The molecule has 120 valence electrons. The van der Waals surface area contributed by atoms with Crippen LogP contribution in [0.5, 0.6) is 5.75 Å². The number of ether oxygens (including phenoxy) is 1. The van der Waals surface area contributed by atoms with Crippen molar-refractivity contribution < 1.29 is 18.7 Å². The minimum absolute atomic E-state index is 0.125. The summed E-state index contributed by atoms with van der Waals surface area (Å²) in [5.41, 5.74) is 6.50. The van der Waals surface area contributed by atoms with E-state index in [1.54, 1.807) is 24.3 Å². The Morgan fingerprint density at radius 3 is 2.48 bits per heavy atom. The van der Waals surface area contributed by atoms with Gasteiger partial charge >= 0.3 is 6.03 Å². The molecule has 0 aromatic heterocycles. The molecule has 4 N–H and O–H groups in total. The summed E-state index contributed by atoms with van der Waals surface area (Å²) in [6.45, 7) is 0.245. The lowest BCUT2D eigenvalue weighted by Crippen LogP contribution is -2.23. The first-order valence-corrected chi connectivity index (χ1v) is 6.76. The summed E-state index contributed by atoms with van der Waals surface area (Å²) in [5.74, 6) is -0.663. The van der Waals surface area contributed by atoms with Gasteiger partial charge < -0.3 is 21.1 Å². The predicted molar refractivity (Wildman–Crippen MR) is 83.8 cm³/mol. The number of rotatable bonds is 5. The van der Waals surface area contributed by atoms with E-state index in [4.69, 9.17) is 10.5 Å². The highest BCUT2D eigenvalue weighted by atomic mass is 19.1. The predicted octanol–water partition coefficient (Wildman–Crippen LogP) is 2.25. The number of anilines is 1. The molecule has 2 rings (SSSR count). The third-order valence-electron chi connectivity index (χ3n) is 3.08. The van der Waals surface area contributed by atoms with Crippen molar-refractivity contribution in [3.05, 3.63) is 59.4 Å². The lowest BCUT2D eigenvalue weighted by Gasteiger charge is -2.10. The number of carbonyl (C=O) groups is 2. The van der Waals surface area contributed by atoms with Crippen LogP contribution in [0.2, 0.25) is 0 Å². The average molecular weight is 317 g/mol. The minimum Gasteiger partial charge on any atom is -0.496 e. The van der Waals surface area contributed by atoms with Crippen molar-refractivity contribution in [2.24, 2.45) is 5.73 Å². The highest BCUT2D eigenvalue weighted by molar-refractivity contribution is 5.96. The Labute approximate surface area is 132 Å². The minimum atomic E-state index is -0.649. The summed E-state index contributed by atoms with van der Waals surface area (Å²) in [4.78, 5) is 22.9. The molecule has 0 spiro atoms. The van der Waals surface area contributed by atoms with E-state index in [2.05, 4.69) is 10.6 Å². The fourth-order valence-corrected chi connectivity index (χ4v) is 1.98. The van der Waals surface area contributed by atoms with Gasteiger partial charge in [-0.2, -0.15) is 0 Å². The highest BCUT2D eigenvalue weighted by Crippen LogP contribution is 2.19. The quantitative estimate of drug-likeness (QED) is 0.789. The number of hydrogen-bond acceptors (Lipinski definition) is 3. The van der Waals surface area contributed by atoms with E-state index in [1.807, 2.05) is 0 Å². The van der Waals surface area contributed by atoms with Crippen molar-refractivity contribution in [1.29, 1.82) is 0 Å². The summed E-state index contributed by atoms with van der Waals surface area (Å²) in [6.07, 6.45) is 0. The third-order valence-corrected chi connectivity index (χ3v) is 3.08. The van der Waals surface area contributed by atoms with E-state index in [9.17, 15) is 14.0 Å². The number of primary amides is 1. The van der Waals surface area contributed by atoms with Crippen LogP contribution in [0.1, 0.15) is 15.9 Å². The Morgan fingerprint density at radius 2 is 1.87 bits per heavy atom. The number of halogens is 1. The molecule has 7 heteroatoms. The molecule has 0 atom stereocenters. The van der Waals surface area contributed by atoms with Crippen LogP contribution in [0.15, 0.2) is 42.5 Å². The molecule has 0 aliphatic heterocycles. The molecule has 3 amide bonds. The Morgan fingerprint density at radius 1 is 1.17 bits per heavy atom. The number of carbonyl (C=O) groups excluding carboxylic acids is 2. The molecule has 2 aromatic rings. The van der Waals surface area contributed by atoms with Gasteiger partial charge in [0.2, 0.25) is 0 Å². The van der Waals surface area contributed by atoms with Gasteiger partial charge in [-0.3, -0.25) is 4.79 Å². The zero-order valence-corrected chi connectivity index (χ0v) is 12.4. The summed E-state index contributed by atoms with van der Waals surface area (Å²) in [6, 6.07) is 9.87. The molecule has 0 bridgehead atoms. The van der Waals surface area contributed by atoms with Gasteiger partial charge in [-0.25, -0.2) is 9.18 Å². The van der Waals surface area contributed by atoms with Gasteiger partial charge in [0.1, 0.15) is 11.6 Å². The normalized spacial score (nSPS) is 10.0. The third kappa shape index (κ3) is 4.44. The molecular weight excluding hydrogens is 301 g/mol. The summed E-state index contributed by atoms with van der Waals surface area (Å²) >= 11 is 0. The lowest BCUT2D eigenvalue weighted by molar-refractivity contribution is 0.0947. The number of nitrogens with one attached hydrogen (secondary N) is 2. The SMILES string of the molecule is COc1ccc(F)cc1C(=O)NCc1ccc(NC(N)=O)cc1. The van der Waals surface area contributed by atoms with Gasteiger partial charge in [0.05, 0.1) is 12.7 Å². The van der Waals surface area contributed by atoms with Crippen molar-refractivity contribution in [2.75, 3.05) is 12.4 Å². The maximum absolute atomic E-state index is 13.3. The van der Waals surface area contributed by atoms with Crippen LogP contribution in [0, 0.1) is 5.82 Å². The van der Waals surface area contributed by atoms with Crippen LogP contribution in [0.4, 0.5) is 14.9 Å². The van der Waals surface area contributed by atoms with Crippen molar-refractivity contribution in [3.8, 4) is 5.75 Å². The molecule has 0 saturated carbocycles. The highest BCUT2D eigenvalue weighted by Gasteiger charge is 2.13. The van der Waals surface area contributed by atoms with Crippen molar-refractivity contribution in [2.45, 2.75) is 6.54 Å². The Kier molecular flexibility index (Phi) is 5.14. The molecule has 23 heavy (non-hydrogen) atoms. The number of benzene rings is 2. The lowest BCUT2D eigenvalue weighted by atomic mass is 10.1. The van der Waals surface area contributed by atoms with Crippen LogP contribution < -0.4 is 21.1 Å². The Bertz CT molecular complexity index is 717. The van der Waals surface area contributed by atoms with Gasteiger partial charge in [-0.1, -0.05) is 12.1 Å². The summed E-state index contributed by atoms with van der Waals surface area (Å²) in [7, 11) is 1.41. The van der Waals surface area contributed by atoms with E-state index in [1.165, 1.54) is 19.2 Å². The van der Waals surface area contributed by atoms with E-state index < -0.39 is 17.8 Å². The molecule has 0 radical (unpaired) electrons. The molecule has 2 aromatic carbocycles. The summed E-state index contributed by atoms with van der Waals surface area (Å²) < 4.78 is 18.3. The zero-order chi connectivity index (χ0) is 16.8. The first kappa shape index (κ1) is 16.3. The molecule has 6 nitrogen and oxygen atoms in total. The van der Waals surface area contributed by atoms with Crippen molar-refractivity contribution in [1.82, 2.24) is 5.32 Å². The molecule has 0 unspecified atom stereocenters. The standard InChI is InChI=1S/C16H16FN3O3/c1-23-14-7-4-11(17)8-13(14)15(21)19-9-10-2-5-12(6-3-10)20-16(18)22/h2-8H,9H2,1H3,(H,19,21)(H3,18,20,22). The van der Waals surface area contributed by atoms with Crippen LogP contribution in [0.25, 0.3) is 0 Å². The monoisotopic (exact) mass is 317 g/mol. The number of nitrogens with two attached hydrogens (primary N) is 1. The van der Waals surface area contributed by atoms with Crippen LogP contribution in [-0.2, 0) is 6.54 Å². The van der Waals surface area contributed by atoms with E-state index in [-0.39, 0.29) is 12.1 Å². The Hall–Kier alpha value is -3.09. The van der Waals surface area contributed by atoms with Crippen LogP contribution in [0.3, 0.4) is 0 Å². The number of hydrogen-bond donors (Lipinski definition) is 3. The maximum Gasteiger partial charge on any atom is 0.316 e. The molecular formula is C16H16FN3O3. The Balaban J connectivity index is 2.02. The number of urea groups is 1. The largest absolute Gasteiger partial charge is 0.496 e. The molecule has 0 heterocycles. The second kappa shape index (κ2) is 7.26. The average Bonchev–Trinajstić information content (AvgIpc) is 2.53. The topological polar surface area (TPSA) is 93.4 Å². The van der Waals surface area contributed by atoms with Crippen LogP contribution >= 0.6 is 0 Å². The van der Waals surface area contributed by atoms with Gasteiger partial charge in [-0.05, 0) is 35.9 Å². The van der Waals surface area contributed by atoms with Gasteiger partial charge in [0.15, 0.2) is 0 Å². The number of amides is 3. The van der Waals surface area contributed by atoms with Gasteiger partial charge in [0, 0.05) is 12.2 Å².